The molecule has 0 spiro atoms. The minimum absolute atomic E-state index is 0.0554. The van der Waals surface area contributed by atoms with E-state index in [1.807, 2.05) is 12.1 Å². The molecule has 7 heteroatoms. The normalized spacial score (nSPS) is 11.5. The minimum atomic E-state index is -0.426. The van der Waals surface area contributed by atoms with Crippen LogP contribution >= 0.6 is 0 Å². The first-order valence-corrected chi connectivity index (χ1v) is 8.57. The predicted octanol–water partition coefficient (Wildman–Crippen LogP) is 3.98. The average molecular weight is 371 g/mol. The number of benzene rings is 2. The zero-order valence-corrected chi connectivity index (χ0v) is 14.6. The van der Waals surface area contributed by atoms with Gasteiger partial charge in [-0.1, -0.05) is 18.7 Å². The first kappa shape index (κ1) is 16.2. The van der Waals surface area contributed by atoms with E-state index in [0.29, 0.717) is 22.0 Å². The maximum absolute atomic E-state index is 14.1. The summed E-state index contributed by atoms with van der Waals surface area (Å²) in [7, 11) is 0. The van der Waals surface area contributed by atoms with Crippen molar-refractivity contribution in [3.8, 4) is 11.1 Å². The highest BCUT2D eigenvalue weighted by molar-refractivity contribution is 6.15. The molecule has 28 heavy (non-hydrogen) atoms. The van der Waals surface area contributed by atoms with Crippen LogP contribution in [0.2, 0.25) is 0 Å². The molecule has 0 amide bonds. The van der Waals surface area contributed by atoms with Gasteiger partial charge in [-0.25, -0.2) is 4.39 Å². The number of anilines is 1. The van der Waals surface area contributed by atoms with E-state index >= 15 is 0 Å². The van der Waals surface area contributed by atoms with Crippen LogP contribution in [0.25, 0.3) is 49.9 Å². The molecule has 5 aromatic rings. The van der Waals surface area contributed by atoms with Gasteiger partial charge in [0.05, 0.1) is 17.2 Å². The molecule has 2 aromatic carbocycles. The highest BCUT2D eigenvalue weighted by Crippen LogP contribution is 2.38. The Morgan fingerprint density at radius 3 is 2.82 bits per heavy atom. The molecular weight excluding hydrogens is 357 g/mol. The van der Waals surface area contributed by atoms with E-state index in [-0.39, 0.29) is 11.2 Å². The second-order valence-electron chi connectivity index (χ2n) is 6.49. The number of H-pyrrole nitrogens is 2. The lowest BCUT2D eigenvalue weighted by molar-refractivity contribution is 0.636. The summed E-state index contributed by atoms with van der Waals surface area (Å²) in [6.45, 7) is 3.88. The summed E-state index contributed by atoms with van der Waals surface area (Å²) in [5.41, 5.74) is 9.40. The Hall–Kier alpha value is -4.00. The molecule has 4 N–H and O–H groups in total. The summed E-state index contributed by atoms with van der Waals surface area (Å²) in [6.07, 6.45) is 4.92. The van der Waals surface area contributed by atoms with E-state index in [4.69, 9.17) is 5.73 Å². The monoisotopic (exact) mass is 371 g/mol. The number of hydrogen-bond donors (Lipinski definition) is 3. The lowest BCUT2D eigenvalue weighted by Crippen LogP contribution is -2.14. The number of nitrogens with zero attached hydrogens (tertiary/aromatic N) is 2. The van der Waals surface area contributed by atoms with Crippen molar-refractivity contribution >= 4 is 44.5 Å². The van der Waals surface area contributed by atoms with Gasteiger partial charge in [-0.05, 0) is 29.8 Å². The molecule has 0 saturated carbocycles. The third-order valence-electron chi connectivity index (χ3n) is 5.00. The number of aromatic nitrogens is 4. The van der Waals surface area contributed by atoms with Crippen molar-refractivity contribution in [1.29, 1.82) is 0 Å². The second-order valence-corrected chi connectivity index (χ2v) is 6.49. The average Bonchev–Trinajstić information content (AvgIpc) is 3.21. The summed E-state index contributed by atoms with van der Waals surface area (Å²) in [5, 5.41) is 8.65. The Bertz CT molecular complexity index is 1480. The second kappa shape index (κ2) is 5.75. The lowest BCUT2D eigenvalue weighted by Gasteiger charge is -2.14. The molecule has 0 aliphatic rings. The van der Waals surface area contributed by atoms with Crippen LogP contribution in [-0.4, -0.2) is 20.2 Å². The quantitative estimate of drug-likeness (QED) is 0.409. The molecule has 3 aromatic heterocycles. The zero-order valence-electron chi connectivity index (χ0n) is 14.6. The standard InChI is InChI=1S/C21H14FN5O/c1-2-10-8-13-16(11-5-6-15(22)20-14(11)9-25-27-20)17(23)21(28)26-19(13)12-4-3-7-24-18(10)12/h2-9H,1,23H2,(H,25,27)(H,26,28). The van der Waals surface area contributed by atoms with Crippen LogP contribution in [-0.2, 0) is 0 Å². The fourth-order valence-corrected chi connectivity index (χ4v) is 3.72. The van der Waals surface area contributed by atoms with Gasteiger partial charge in [0.25, 0.3) is 5.56 Å². The van der Waals surface area contributed by atoms with Gasteiger partial charge in [0.15, 0.2) is 0 Å². The van der Waals surface area contributed by atoms with E-state index < -0.39 is 11.4 Å². The Balaban J connectivity index is 2.04. The maximum Gasteiger partial charge on any atom is 0.272 e. The number of rotatable bonds is 2. The van der Waals surface area contributed by atoms with Crippen molar-refractivity contribution in [2.45, 2.75) is 0 Å². The van der Waals surface area contributed by atoms with Gasteiger partial charge in [0.1, 0.15) is 17.0 Å². The van der Waals surface area contributed by atoms with E-state index in [0.717, 1.165) is 21.9 Å². The fraction of sp³-hybridized carbons (Fsp3) is 0. The SMILES string of the molecule is C=Cc1cc2c(-c3ccc(F)c4[nH]ncc34)c(N)c(=O)[nH]c2c2cccnc12. The number of halogens is 1. The topological polar surface area (TPSA) is 100 Å². The molecule has 0 atom stereocenters. The number of pyridine rings is 2. The fourth-order valence-electron chi connectivity index (χ4n) is 3.72. The molecule has 0 saturated heterocycles. The zero-order chi connectivity index (χ0) is 19.4. The van der Waals surface area contributed by atoms with Gasteiger partial charge in [0, 0.05) is 33.5 Å². The van der Waals surface area contributed by atoms with Crippen LogP contribution in [0.4, 0.5) is 10.1 Å². The van der Waals surface area contributed by atoms with Crippen molar-refractivity contribution in [2.75, 3.05) is 5.73 Å². The van der Waals surface area contributed by atoms with Crippen molar-refractivity contribution < 1.29 is 4.39 Å². The van der Waals surface area contributed by atoms with Gasteiger partial charge in [-0.2, -0.15) is 5.10 Å². The molecule has 0 fully saturated rings. The van der Waals surface area contributed by atoms with Crippen molar-refractivity contribution in [3.05, 3.63) is 71.0 Å². The van der Waals surface area contributed by atoms with Crippen LogP contribution in [0.5, 0.6) is 0 Å². The molecule has 0 aliphatic carbocycles. The van der Waals surface area contributed by atoms with E-state index in [2.05, 4.69) is 26.7 Å². The number of fused-ring (bicyclic) bond motifs is 4. The molecule has 6 nitrogen and oxygen atoms in total. The minimum Gasteiger partial charge on any atom is -0.394 e. The summed E-state index contributed by atoms with van der Waals surface area (Å²) in [6, 6.07) is 8.51. The van der Waals surface area contributed by atoms with Gasteiger partial charge in [-0.15, -0.1) is 0 Å². The number of nitrogens with one attached hydrogen (secondary N) is 2. The van der Waals surface area contributed by atoms with Crippen LogP contribution in [0.1, 0.15) is 5.56 Å². The summed E-state index contributed by atoms with van der Waals surface area (Å²) in [4.78, 5) is 19.9. The largest absolute Gasteiger partial charge is 0.394 e. The Morgan fingerprint density at radius 1 is 1.14 bits per heavy atom. The molecule has 136 valence electrons. The highest BCUT2D eigenvalue weighted by atomic mass is 19.1. The summed E-state index contributed by atoms with van der Waals surface area (Å²) in [5.74, 6) is -0.426. The summed E-state index contributed by atoms with van der Waals surface area (Å²) < 4.78 is 14.1. The van der Waals surface area contributed by atoms with Crippen LogP contribution in [0.3, 0.4) is 0 Å². The van der Waals surface area contributed by atoms with E-state index in [9.17, 15) is 9.18 Å². The molecule has 0 radical (unpaired) electrons. The van der Waals surface area contributed by atoms with Gasteiger partial charge in [-0.3, -0.25) is 14.9 Å². The predicted molar refractivity (Wildman–Crippen MR) is 109 cm³/mol. The van der Waals surface area contributed by atoms with Gasteiger partial charge >= 0.3 is 0 Å². The van der Waals surface area contributed by atoms with E-state index in [1.54, 1.807) is 24.4 Å². The molecule has 0 unspecified atom stereocenters. The van der Waals surface area contributed by atoms with Crippen molar-refractivity contribution in [3.63, 3.8) is 0 Å². The Labute approximate surface area is 157 Å². The third kappa shape index (κ3) is 2.10. The summed E-state index contributed by atoms with van der Waals surface area (Å²) >= 11 is 0. The number of aromatic amines is 2. The first-order chi connectivity index (χ1) is 13.6. The van der Waals surface area contributed by atoms with Crippen LogP contribution in [0, 0.1) is 5.82 Å². The number of nitrogen functional groups attached to an aromatic ring is 1. The van der Waals surface area contributed by atoms with Crippen LogP contribution in [0.15, 0.2) is 54.1 Å². The van der Waals surface area contributed by atoms with Crippen molar-refractivity contribution in [2.24, 2.45) is 0 Å². The molecule has 3 heterocycles. The smallest absolute Gasteiger partial charge is 0.272 e. The highest BCUT2D eigenvalue weighted by Gasteiger charge is 2.19. The number of nitrogens with two attached hydrogens (primary N) is 1. The van der Waals surface area contributed by atoms with E-state index in [1.165, 1.54) is 12.3 Å². The molecule has 0 bridgehead atoms. The Morgan fingerprint density at radius 2 is 2.00 bits per heavy atom. The van der Waals surface area contributed by atoms with Crippen molar-refractivity contribution in [1.82, 2.24) is 20.2 Å². The van der Waals surface area contributed by atoms with Gasteiger partial charge in [0.2, 0.25) is 0 Å². The molecule has 0 aliphatic heterocycles. The Kier molecular flexibility index (Phi) is 3.33. The molecular formula is C21H14FN5O. The van der Waals surface area contributed by atoms with Crippen LogP contribution < -0.4 is 11.3 Å². The van der Waals surface area contributed by atoms with Gasteiger partial charge < -0.3 is 10.7 Å². The molecule has 5 rings (SSSR count). The lowest BCUT2D eigenvalue weighted by atomic mass is 9.94. The first-order valence-electron chi connectivity index (χ1n) is 8.57. The third-order valence-corrected chi connectivity index (χ3v) is 5.00. The maximum atomic E-state index is 14.1. The number of hydrogen-bond acceptors (Lipinski definition) is 4.